The summed E-state index contributed by atoms with van der Waals surface area (Å²) in [7, 11) is 0. The van der Waals surface area contributed by atoms with Gasteiger partial charge < -0.3 is 0 Å². The van der Waals surface area contributed by atoms with Gasteiger partial charge in [-0.15, -0.1) is 34.0 Å². The van der Waals surface area contributed by atoms with E-state index in [1.807, 2.05) is 34.0 Å². The number of hydrogen-bond acceptors (Lipinski definition) is 12. The fourth-order valence-corrected chi connectivity index (χ4v) is 24.6. The van der Waals surface area contributed by atoms with Gasteiger partial charge in [0.15, 0.2) is 52.4 Å². The molecule has 12 heteroatoms. The van der Waals surface area contributed by atoms with Crippen molar-refractivity contribution in [3.05, 3.63) is 491 Å². The SMILES string of the molecule is c1ccc2cc(-c3nc(-c4ccc5ccccc5c4)nc(-c4ccc(-c5ccc6c(c5)sc5ccccc56)c5ccccc45)n3)ccc2c1.c1ccc2cc(-c3nc(-c4ccc5ccccc5c4)nc(-c4ccc(-c5ccc6sc7ccccc7c6c5)c5ccccc45)n3)ccc2c1.c1ccc2cc(-c3nc(-c4ccc5ccccc5c4)nc(-c4ccc(-c5cccc6sc7ccccc7c56)c5ccccc45)n3)ccc2c1. The third-order valence-electron chi connectivity index (χ3n) is 28.5. The van der Waals surface area contributed by atoms with Crippen LogP contribution in [0.5, 0.6) is 0 Å². The Balaban J connectivity index is 0.000000107. The minimum absolute atomic E-state index is 0.654. The first-order valence-corrected chi connectivity index (χ1v) is 51.8. The summed E-state index contributed by atoms with van der Waals surface area (Å²) >= 11 is 5.54. The topological polar surface area (TPSA) is 116 Å². The highest BCUT2D eigenvalue weighted by Crippen LogP contribution is 2.48. The van der Waals surface area contributed by atoms with E-state index >= 15 is 0 Å². The Morgan fingerprint density at radius 1 is 0.109 bits per heavy atom. The van der Waals surface area contributed by atoms with Crippen LogP contribution in [-0.4, -0.2) is 44.9 Å². The molecule has 0 radical (unpaired) electrons. The van der Waals surface area contributed by atoms with Crippen LogP contribution in [0.2, 0.25) is 0 Å². The van der Waals surface area contributed by atoms with E-state index in [1.165, 1.54) is 142 Å². The third kappa shape index (κ3) is 15.9. The predicted molar refractivity (Wildman–Crippen MR) is 621 cm³/mol. The van der Waals surface area contributed by atoms with Gasteiger partial charge in [-0.1, -0.05) is 394 Å². The van der Waals surface area contributed by atoms with E-state index in [4.69, 9.17) is 44.9 Å². The van der Waals surface area contributed by atoms with Crippen LogP contribution >= 0.6 is 34.0 Å². The third-order valence-corrected chi connectivity index (χ3v) is 31.9. The smallest absolute Gasteiger partial charge is 0.164 e. The van der Waals surface area contributed by atoms with Crippen molar-refractivity contribution in [2.24, 2.45) is 0 Å². The predicted octanol–water partition coefficient (Wildman–Crippen LogP) is 37.1. The van der Waals surface area contributed by atoms with Gasteiger partial charge in [0.1, 0.15) is 0 Å². The molecule has 24 aromatic carbocycles. The largest absolute Gasteiger partial charge is 0.208 e. The average molecular weight is 1930 g/mol. The Morgan fingerprint density at radius 3 is 0.707 bits per heavy atom. The Bertz CT molecular complexity index is 10300. The van der Waals surface area contributed by atoms with Gasteiger partial charge in [0.25, 0.3) is 0 Å². The molecule has 684 valence electrons. The lowest BCUT2D eigenvalue weighted by Crippen LogP contribution is -2.01. The van der Waals surface area contributed by atoms with Crippen LogP contribution in [0, 0.1) is 0 Å². The van der Waals surface area contributed by atoms with E-state index in [0.717, 1.165) is 98.5 Å². The van der Waals surface area contributed by atoms with E-state index < -0.39 is 0 Å². The zero-order chi connectivity index (χ0) is 96.9. The quantitative estimate of drug-likeness (QED) is 0.118. The van der Waals surface area contributed by atoms with E-state index in [-0.39, 0.29) is 0 Å². The highest BCUT2D eigenvalue weighted by Gasteiger charge is 2.25. The first-order chi connectivity index (χ1) is 72.8. The lowest BCUT2D eigenvalue weighted by molar-refractivity contribution is 1.08. The Hall–Kier alpha value is -18.7. The maximum Gasteiger partial charge on any atom is 0.164 e. The molecule has 0 aliphatic carbocycles. The van der Waals surface area contributed by atoms with Crippen molar-refractivity contribution in [1.82, 2.24) is 44.9 Å². The fourth-order valence-electron chi connectivity index (χ4n) is 21.2. The van der Waals surface area contributed by atoms with E-state index in [1.54, 1.807) is 0 Å². The molecule has 30 aromatic rings. The number of fused-ring (bicyclic) bond motifs is 18. The van der Waals surface area contributed by atoms with Crippen molar-refractivity contribution < 1.29 is 0 Å². The summed E-state index contributed by atoms with van der Waals surface area (Å²) in [6, 6.07) is 174. The summed E-state index contributed by atoms with van der Waals surface area (Å²) in [4.78, 5) is 46.3. The summed E-state index contributed by atoms with van der Waals surface area (Å²) in [6.07, 6.45) is 0. The molecule has 147 heavy (non-hydrogen) atoms. The van der Waals surface area contributed by atoms with Crippen LogP contribution in [0.4, 0.5) is 0 Å². The fraction of sp³-hybridized carbons (Fsp3) is 0. The monoisotopic (exact) mass is 1920 g/mol. The number of benzene rings is 24. The number of hydrogen-bond donors (Lipinski definition) is 0. The number of nitrogens with zero attached hydrogens (tertiary/aromatic N) is 9. The highest BCUT2D eigenvalue weighted by molar-refractivity contribution is 7.26. The van der Waals surface area contributed by atoms with Gasteiger partial charge in [-0.2, -0.15) is 0 Å². The van der Waals surface area contributed by atoms with Gasteiger partial charge in [0.2, 0.25) is 0 Å². The normalized spacial score (nSPS) is 11.7. The van der Waals surface area contributed by atoms with E-state index in [2.05, 4.69) is 491 Å². The van der Waals surface area contributed by atoms with Crippen LogP contribution in [-0.2, 0) is 0 Å². The highest BCUT2D eigenvalue weighted by atomic mass is 32.1. The summed E-state index contributed by atoms with van der Waals surface area (Å²) in [5.74, 6) is 5.90. The molecule has 0 amide bonds. The molecule has 0 aliphatic rings. The maximum absolute atomic E-state index is 5.18. The summed E-state index contributed by atoms with van der Waals surface area (Å²) in [5.41, 5.74) is 15.9. The lowest BCUT2D eigenvalue weighted by atomic mass is 9.92. The van der Waals surface area contributed by atoms with Crippen LogP contribution in [0.3, 0.4) is 0 Å². The molecule has 0 N–H and O–H groups in total. The van der Waals surface area contributed by atoms with E-state index in [0.29, 0.717) is 52.4 Å². The second-order valence-corrected chi connectivity index (χ2v) is 40.6. The van der Waals surface area contributed by atoms with Gasteiger partial charge >= 0.3 is 0 Å². The van der Waals surface area contributed by atoms with Gasteiger partial charge in [-0.3, -0.25) is 0 Å². The molecule has 0 spiro atoms. The molecule has 30 rings (SSSR count). The molecule has 0 saturated heterocycles. The van der Waals surface area contributed by atoms with Crippen molar-refractivity contribution in [2.45, 2.75) is 0 Å². The van der Waals surface area contributed by atoms with Crippen LogP contribution in [0.25, 0.3) is 293 Å². The molecule has 0 fully saturated rings. The van der Waals surface area contributed by atoms with Crippen molar-refractivity contribution in [3.8, 4) is 136 Å². The number of aromatic nitrogens is 9. The molecule has 0 atom stereocenters. The van der Waals surface area contributed by atoms with Crippen LogP contribution in [0.15, 0.2) is 491 Å². The molecule has 6 aromatic heterocycles. The zero-order valence-corrected chi connectivity index (χ0v) is 81.5. The summed E-state index contributed by atoms with van der Waals surface area (Å²) < 4.78 is 7.83. The lowest BCUT2D eigenvalue weighted by Gasteiger charge is -2.14. The van der Waals surface area contributed by atoms with Gasteiger partial charge in [0, 0.05) is 111 Å². The second-order valence-electron chi connectivity index (χ2n) is 37.3. The minimum Gasteiger partial charge on any atom is -0.208 e. The molecule has 0 saturated carbocycles. The Labute approximate surface area is 856 Å². The Morgan fingerprint density at radius 2 is 0.340 bits per heavy atom. The first kappa shape index (κ1) is 86.2. The van der Waals surface area contributed by atoms with Crippen molar-refractivity contribution in [1.29, 1.82) is 0 Å². The standard InChI is InChI=1S/3C45H27N3S/c1-3-12-30-26-32(22-20-28(30)10-1)43-46-44(33-23-21-29-11-2-4-13-31(29)27-33)48-45(47-43)38-25-24-36(34-14-5-6-15-35(34)38)37-17-9-19-41-42(37)39-16-7-8-18-40(39)49-41;1-3-11-30-25-33(19-17-28(30)9-1)43-46-44(34-20-18-29-10-2-4-12-31(29)26-34)48-45(47-43)39-23-22-35(36-13-5-6-14-37(36)39)32-21-24-42-40(27-32)38-15-7-8-16-41(38)49-42;1-3-11-30-25-33(19-17-28(30)9-1)43-46-44(34-20-18-29-10-2-4-12-31(29)26-34)48-45(47-43)40-24-23-35(36-13-5-6-14-37(36)40)32-21-22-39-38-15-7-8-16-41(38)49-42(39)27-32/h3*1-27H. The van der Waals surface area contributed by atoms with Crippen LogP contribution < -0.4 is 0 Å². The van der Waals surface area contributed by atoms with Gasteiger partial charge in [0.05, 0.1) is 0 Å². The zero-order valence-electron chi connectivity index (χ0n) is 79.0. The molecular weight excluding hydrogens is 1840 g/mol. The molecular formula is C135H81N9S3. The summed E-state index contributed by atoms with van der Waals surface area (Å²) in [6.45, 7) is 0. The minimum atomic E-state index is 0.654. The van der Waals surface area contributed by atoms with Crippen molar-refractivity contribution >= 4 is 191 Å². The van der Waals surface area contributed by atoms with E-state index in [9.17, 15) is 0 Å². The molecule has 0 aliphatic heterocycles. The molecule has 0 bridgehead atoms. The first-order valence-electron chi connectivity index (χ1n) is 49.3. The van der Waals surface area contributed by atoms with Crippen molar-refractivity contribution in [3.63, 3.8) is 0 Å². The molecule has 9 nitrogen and oxygen atoms in total. The number of rotatable bonds is 12. The Kier molecular flexibility index (Phi) is 21.3. The summed E-state index contributed by atoms with van der Waals surface area (Å²) in [5, 5.41) is 28.7. The van der Waals surface area contributed by atoms with Gasteiger partial charge in [-0.05, 0) is 227 Å². The average Bonchev–Trinajstić information content (AvgIpc) is 1.60. The van der Waals surface area contributed by atoms with Crippen LogP contribution in [0.1, 0.15) is 0 Å². The van der Waals surface area contributed by atoms with Gasteiger partial charge in [-0.25, -0.2) is 44.9 Å². The second kappa shape index (κ2) is 36.4. The molecule has 0 unspecified atom stereocenters. The maximum atomic E-state index is 5.18. The molecule has 6 heterocycles. The van der Waals surface area contributed by atoms with Crippen molar-refractivity contribution in [2.75, 3.05) is 0 Å². The number of thiophene rings is 3.